The summed E-state index contributed by atoms with van der Waals surface area (Å²) in [5.41, 5.74) is 0.777. The summed E-state index contributed by atoms with van der Waals surface area (Å²) in [6.45, 7) is 0.586. The standard InChI is InChI=1S/C19H24F2N6O2/c1-22-18(26-8-10-27(11-9-26)19-23-6-3-7-24-19)25-13-14-4-5-15(28-2)16(12-14)29-17(20)21/h3-7,12,17H,8-11,13H2,1-2H3,(H,22,25). The molecular formula is C19H24F2N6O2. The summed E-state index contributed by atoms with van der Waals surface area (Å²) >= 11 is 0. The number of guanidine groups is 1. The van der Waals surface area contributed by atoms with Crippen molar-refractivity contribution in [2.45, 2.75) is 13.2 Å². The molecule has 3 rings (SSSR count). The zero-order valence-corrected chi connectivity index (χ0v) is 16.4. The predicted octanol–water partition coefficient (Wildman–Crippen LogP) is 1.98. The Morgan fingerprint density at radius 2 is 1.90 bits per heavy atom. The number of nitrogens with one attached hydrogen (secondary N) is 1. The molecule has 0 amide bonds. The number of nitrogens with zero attached hydrogens (tertiary/aromatic N) is 5. The Balaban J connectivity index is 1.57. The molecule has 0 unspecified atom stereocenters. The van der Waals surface area contributed by atoms with Gasteiger partial charge in [0.05, 0.1) is 7.11 Å². The molecule has 156 valence electrons. The summed E-state index contributed by atoms with van der Waals surface area (Å²) in [5.74, 6) is 1.73. The summed E-state index contributed by atoms with van der Waals surface area (Å²) in [4.78, 5) is 17.2. The van der Waals surface area contributed by atoms with Gasteiger partial charge in [-0.3, -0.25) is 4.99 Å². The fourth-order valence-corrected chi connectivity index (χ4v) is 3.11. The first-order valence-corrected chi connectivity index (χ1v) is 9.20. The first kappa shape index (κ1) is 20.6. The van der Waals surface area contributed by atoms with E-state index in [9.17, 15) is 8.78 Å². The second-order valence-corrected chi connectivity index (χ2v) is 6.29. The predicted molar refractivity (Wildman–Crippen MR) is 106 cm³/mol. The molecule has 1 aliphatic heterocycles. The van der Waals surface area contributed by atoms with Crippen LogP contribution in [0.5, 0.6) is 11.5 Å². The highest BCUT2D eigenvalue weighted by Crippen LogP contribution is 2.29. The molecular weight excluding hydrogens is 382 g/mol. The number of hydrogen-bond donors (Lipinski definition) is 1. The molecule has 0 bridgehead atoms. The maximum Gasteiger partial charge on any atom is 0.387 e. The lowest BCUT2D eigenvalue weighted by molar-refractivity contribution is -0.0512. The number of alkyl halides is 2. The molecule has 1 aromatic heterocycles. The number of anilines is 1. The van der Waals surface area contributed by atoms with Gasteiger partial charge < -0.3 is 24.6 Å². The number of aromatic nitrogens is 2. The first-order valence-electron chi connectivity index (χ1n) is 9.20. The number of piperazine rings is 1. The number of methoxy groups -OCH3 is 1. The molecule has 0 aliphatic carbocycles. The number of aliphatic imine (C=N–C) groups is 1. The molecule has 1 N–H and O–H groups in total. The van der Waals surface area contributed by atoms with Crippen molar-refractivity contribution in [1.29, 1.82) is 0 Å². The van der Waals surface area contributed by atoms with E-state index in [1.165, 1.54) is 13.2 Å². The zero-order valence-electron chi connectivity index (χ0n) is 16.4. The maximum atomic E-state index is 12.6. The monoisotopic (exact) mass is 406 g/mol. The van der Waals surface area contributed by atoms with Gasteiger partial charge in [-0.15, -0.1) is 0 Å². The normalized spacial score (nSPS) is 14.9. The summed E-state index contributed by atoms with van der Waals surface area (Å²) in [6, 6.07) is 6.73. The van der Waals surface area contributed by atoms with Crippen molar-refractivity contribution in [3.8, 4) is 11.5 Å². The minimum atomic E-state index is -2.91. The van der Waals surface area contributed by atoms with Gasteiger partial charge in [0.25, 0.3) is 0 Å². The molecule has 10 heteroatoms. The average Bonchev–Trinajstić information content (AvgIpc) is 2.75. The van der Waals surface area contributed by atoms with Crippen LogP contribution in [0.2, 0.25) is 0 Å². The molecule has 1 fully saturated rings. The van der Waals surface area contributed by atoms with Crippen LogP contribution >= 0.6 is 0 Å². The van der Waals surface area contributed by atoms with Gasteiger partial charge in [0, 0.05) is 52.2 Å². The van der Waals surface area contributed by atoms with E-state index in [2.05, 4.69) is 34.8 Å². The fourth-order valence-electron chi connectivity index (χ4n) is 3.11. The van der Waals surface area contributed by atoms with E-state index in [4.69, 9.17) is 4.74 Å². The minimum Gasteiger partial charge on any atom is -0.493 e. The number of benzene rings is 1. The van der Waals surface area contributed by atoms with Gasteiger partial charge in [-0.1, -0.05) is 6.07 Å². The smallest absolute Gasteiger partial charge is 0.387 e. The van der Waals surface area contributed by atoms with Gasteiger partial charge in [0.15, 0.2) is 17.5 Å². The fraction of sp³-hybridized carbons (Fsp3) is 0.421. The van der Waals surface area contributed by atoms with Crippen LogP contribution in [0.25, 0.3) is 0 Å². The average molecular weight is 406 g/mol. The van der Waals surface area contributed by atoms with Crippen LogP contribution in [-0.4, -0.2) is 67.8 Å². The molecule has 2 aromatic rings. The summed E-state index contributed by atoms with van der Waals surface area (Å²) in [7, 11) is 3.13. The van der Waals surface area contributed by atoms with Crippen molar-refractivity contribution < 1.29 is 18.3 Å². The van der Waals surface area contributed by atoms with Crippen LogP contribution in [-0.2, 0) is 6.54 Å². The molecule has 1 saturated heterocycles. The van der Waals surface area contributed by atoms with E-state index in [1.807, 2.05) is 0 Å². The third kappa shape index (κ3) is 5.43. The molecule has 8 nitrogen and oxygen atoms in total. The molecule has 0 radical (unpaired) electrons. The third-order valence-electron chi connectivity index (χ3n) is 4.52. The molecule has 0 saturated carbocycles. The summed E-state index contributed by atoms with van der Waals surface area (Å²) < 4.78 is 34.8. The van der Waals surface area contributed by atoms with E-state index in [0.717, 1.165) is 43.7 Å². The Kier molecular flexibility index (Phi) is 6.99. The van der Waals surface area contributed by atoms with E-state index in [-0.39, 0.29) is 11.5 Å². The van der Waals surface area contributed by atoms with Crippen molar-refractivity contribution in [3.63, 3.8) is 0 Å². The Hall–Kier alpha value is -3.17. The second-order valence-electron chi connectivity index (χ2n) is 6.29. The van der Waals surface area contributed by atoms with E-state index < -0.39 is 6.61 Å². The maximum absolute atomic E-state index is 12.6. The van der Waals surface area contributed by atoms with Crippen LogP contribution in [0.15, 0.2) is 41.7 Å². The quantitative estimate of drug-likeness (QED) is 0.581. The lowest BCUT2D eigenvalue weighted by Gasteiger charge is -2.36. The van der Waals surface area contributed by atoms with Crippen molar-refractivity contribution >= 4 is 11.9 Å². The van der Waals surface area contributed by atoms with Crippen molar-refractivity contribution in [3.05, 3.63) is 42.2 Å². The van der Waals surface area contributed by atoms with Gasteiger partial charge in [-0.05, 0) is 23.8 Å². The van der Waals surface area contributed by atoms with Crippen LogP contribution in [0, 0.1) is 0 Å². The number of hydrogen-bond acceptors (Lipinski definition) is 6. The van der Waals surface area contributed by atoms with E-state index in [1.54, 1.807) is 37.6 Å². The van der Waals surface area contributed by atoms with Crippen LogP contribution in [0.4, 0.5) is 14.7 Å². The van der Waals surface area contributed by atoms with Crippen LogP contribution in [0.3, 0.4) is 0 Å². The highest BCUT2D eigenvalue weighted by atomic mass is 19.3. The molecule has 0 atom stereocenters. The third-order valence-corrected chi connectivity index (χ3v) is 4.52. The molecule has 0 spiro atoms. The minimum absolute atomic E-state index is 0.00765. The van der Waals surface area contributed by atoms with Crippen molar-refractivity contribution in [1.82, 2.24) is 20.2 Å². The van der Waals surface area contributed by atoms with Gasteiger partial charge >= 0.3 is 6.61 Å². The van der Waals surface area contributed by atoms with Gasteiger partial charge in [0.2, 0.25) is 5.95 Å². The highest BCUT2D eigenvalue weighted by molar-refractivity contribution is 5.80. The molecule has 1 aromatic carbocycles. The first-order chi connectivity index (χ1) is 14.1. The number of ether oxygens (including phenoxy) is 2. The number of halogens is 2. The topological polar surface area (TPSA) is 75.1 Å². The molecule has 1 aliphatic rings. The van der Waals surface area contributed by atoms with Gasteiger partial charge in [-0.2, -0.15) is 8.78 Å². The lowest BCUT2D eigenvalue weighted by Crippen LogP contribution is -2.52. The van der Waals surface area contributed by atoms with Crippen molar-refractivity contribution in [2.24, 2.45) is 4.99 Å². The summed E-state index contributed by atoms with van der Waals surface area (Å²) in [6.07, 6.45) is 3.46. The highest BCUT2D eigenvalue weighted by Gasteiger charge is 2.21. The zero-order chi connectivity index (χ0) is 20.6. The van der Waals surface area contributed by atoms with E-state index >= 15 is 0 Å². The Labute approximate surface area is 168 Å². The second kappa shape index (κ2) is 9.85. The largest absolute Gasteiger partial charge is 0.493 e. The Morgan fingerprint density at radius 3 is 2.52 bits per heavy atom. The van der Waals surface area contributed by atoms with E-state index in [0.29, 0.717) is 6.54 Å². The lowest BCUT2D eigenvalue weighted by atomic mass is 10.2. The van der Waals surface area contributed by atoms with Crippen LogP contribution in [0.1, 0.15) is 5.56 Å². The Bertz CT molecular complexity index is 814. The molecule has 29 heavy (non-hydrogen) atoms. The van der Waals surface area contributed by atoms with Gasteiger partial charge in [0.1, 0.15) is 0 Å². The number of rotatable bonds is 6. The van der Waals surface area contributed by atoms with Crippen LogP contribution < -0.4 is 19.7 Å². The molecule has 2 heterocycles. The SMILES string of the molecule is CN=C(NCc1ccc(OC)c(OC(F)F)c1)N1CCN(c2ncccn2)CC1. The summed E-state index contributed by atoms with van der Waals surface area (Å²) in [5, 5.41) is 3.27. The van der Waals surface area contributed by atoms with Crippen molar-refractivity contribution in [2.75, 3.05) is 45.2 Å². The van der Waals surface area contributed by atoms with Gasteiger partial charge in [-0.25, -0.2) is 9.97 Å². The Morgan fingerprint density at radius 1 is 1.17 bits per heavy atom.